The van der Waals surface area contributed by atoms with Gasteiger partial charge in [0.25, 0.3) is 5.91 Å². The molecule has 6 heteroatoms. The molecular formula is C23H29N3O3. The summed E-state index contributed by atoms with van der Waals surface area (Å²) in [5.41, 5.74) is 4.17. The highest BCUT2D eigenvalue weighted by Crippen LogP contribution is 2.20. The summed E-state index contributed by atoms with van der Waals surface area (Å²) in [5, 5.41) is 2.86. The van der Waals surface area contributed by atoms with Crippen LogP contribution in [0, 0.1) is 13.8 Å². The summed E-state index contributed by atoms with van der Waals surface area (Å²) in [6.45, 7) is 9.07. The fourth-order valence-corrected chi connectivity index (χ4v) is 3.34. The Kier molecular flexibility index (Phi) is 6.75. The monoisotopic (exact) mass is 395 g/mol. The number of hydrogen-bond acceptors (Lipinski definition) is 4. The molecule has 0 aliphatic carbocycles. The minimum absolute atomic E-state index is 0.0301. The van der Waals surface area contributed by atoms with E-state index in [1.165, 1.54) is 5.56 Å². The Bertz CT molecular complexity index is 856. The highest BCUT2D eigenvalue weighted by molar-refractivity contribution is 5.92. The first kappa shape index (κ1) is 20.7. The molecule has 0 unspecified atom stereocenters. The van der Waals surface area contributed by atoms with E-state index in [1.807, 2.05) is 68.1 Å². The third kappa shape index (κ3) is 5.50. The third-order valence-corrected chi connectivity index (χ3v) is 5.30. The van der Waals surface area contributed by atoms with Crippen molar-refractivity contribution < 1.29 is 14.3 Å². The molecule has 1 fully saturated rings. The van der Waals surface area contributed by atoms with Gasteiger partial charge in [0.05, 0.1) is 0 Å². The molecule has 0 saturated carbocycles. The predicted molar refractivity (Wildman–Crippen MR) is 116 cm³/mol. The minimum atomic E-state index is -0.192. The number of amides is 2. The second-order valence-electron chi connectivity index (χ2n) is 7.35. The van der Waals surface area contributed by atoms with Gasteiger partial charge in [-0.15, -0.1) is 0 Å². The summed E-state index contributed by atoms with van der Waals surface area (Å²) in [5.74, 6) is 0.715. The lowest BCUT2D eigenvalue weighted by molar-refractivity contribution is -0.131. The Balaban J connectivity index is 1.48. The Labute approximate surface area is 172 Å². The summed E-state index contributed by atoms with van der Waals surface area (Å²) in [6.07, 6.45) is 0.557. The van der Waals surface area contributed by atoms with Gasteiger partial charge in [0.15, 0.2) is 6.61 Å². The second-order valence-corrected chi connectivity index (χ2v) is 7.35. The maximum Gasteiger partial charge on any atom is 0.262 e. The molecule has 1 heterocycles. The van der Waals surface area contributed by atoms with Crippen molar-refractivity contribution in [1.82, 2.24) is 4.90 Å². The number of nitrogens with zero attached hydrogens (tertiary/aromatic N) is 2. The Morgan fingerprint density at radius 1 is 0.966 bits per heavy atom. The summed E-state index contributed by atoms with van der Waals surface area (Å²) < 4.78 is 5.58. The van der Waals surface area contributed by atoms with Crippen molar-refractivity contribution in [3.8, 4) is 5.75 Å². The largest absolute Gasteiger partial charge is 0.484 e. The molecule has 0 bridgehead atoms. The fourth-order valence-electron chi connectivity index (χ4n) is 3.34. The van der Waals surface area contributed by atoms with Crippen LogP contribution in [0.5, 0.6) is 5.75 Å². The Hall–Kier alpha value is -3.02. The maximum absolute atomic E-state index is 12.2. The first-order valence-corrected chi connectivity index (χ1v) is 10.1. The molecule has 0 radical (unpaired) electrons. The summed E-state index contributed by atoms with van der Waals surface area (Å²) in [6, 6.07) is 13.6. The molecule has 6 nitrogen and oxygen atoms in total. The molecule has 3 rings (SSSR count). The van der Waals surface area contributed by atoms with Gasteiger partial charge in [-0.25, -0.2) is 0 Å². The van der Waals surface area contributed by atoms with Crippen LogP contribution in [0.4, 0.5) is 11.4 Å². The lowest BCUT2D eigenvalue weighted by atomic mass is 10.1. The van der Waals surface area contributed by atoms with Crippen LogP contribution in [0.25, 0.3) is 0 Å². The fraction of sp³-hybridized carbons (Fsp3) is 0.391. The number of hydrogen-bond donors (Lipinski definition) is 1. The molecule has 29 heavy (non-hydrogen) atoms. The van der Waals surface area contributed by atoms with Crippen LogP contribution < -0.4 is 15.0 Å². The Morgan fingerprint density at radius 3 is 2.28 bits per heavy atom. The van der Waals surface area contributed by atoms with Crippen LogP contribution in [0.15, 0.2) is 42.5 Å². The number of carbonyl (C=O) groups is 2. The van der Waals surface area contributed by atoms with Gasteiger partial charge >= 0.3 is 0 Å². The number of nitrogens with one attached hydrogen (secondary N) is 1. The molecule has 1 N–H and O–H groups in total. The zero-order valence-electron chi connectivity index (χ0n) is 17.4. The lowest BCUT2D eigenvalue weighted by Gasteiger charge is -2.36. The first-order chi connectivity index (χ1) is 14.0. The van der Waals surface area contributed by atoms with E-state index in [1.54, 1.807) is 0 Å². The molecule has 2 aromatic carbocycles. The van der Waals surface area contributed by atoms with Crippen LogP contribution in [0.3, 0.4) is 0 Å². The van der Waals surface area contributed by atoms with Gasteiger partial charge in [0.2, 0.25) is 5.91 Å². The number of piperazine rings is 1. The topological polar surface area (TPSA) is 61.9 Å². The van der Waals surface area contributed by atoms with Crippen LogP contribution in [-0.4, -0.2) is 49.5 Å². The van der Waals surface area contributed by atoms with Crippen molar-refractivity contribution in [3.63, 3.8) is 0 Å². The van der Waals surface area contributed by atoms with E-state index in [9.17, 15) is 9.59 Å². The van der Waals surface area contributed by atoms with Gasteiger partial charge < -0.3 is 19.9 Å². The van der Waals surface area contributed by atoms with E-state index in [0.29, 0.717) is 12.2 Å². The molecular weight excluding hydrogens is 366 g/mol. The average Bonchev–Trinajstić information content (AvgIpc) is 2.74. The van der Waals surface area contributed by atoms with E-state index in [2.05, 4.69) is 10.2 Å². The van der Waals surface area contributed by atoms with E-state index in [4.69, 9.17) is 4.74 Å². The molecule has 0 spiro atoms. The maximum atomic E-state index is 12.2. The molecule has 0 aromatic heterocycles. The highest BCUT2D eigenvalue weighted by atomic mass is 16.5. The highest BCUT2D eigenvalue weighted by Gasteiger charge is 2.20. The second kappa shape index (κ2) is 9.45. The van der Waals surface area contributed by atoms with E-state index in [0.717, 1.165) is 43.1 Å². The number of anilines is 2. The van der Waals surface area contributed by atoms with Gasteiger partial charge in [0, 0.05) is 44.0 Å². The quantitative estimate of drug-likeness (QED) is 0.815. The van der Waals surface area contributed by atoms with Gasteiger partial charge in [-0.2, -0.15) is 0 Å². The van der Waals surface area contributed by atoms with Crippen molar-refractivity contribution in [2.24, 2.45) is 0 Å². The number of benzene rings is 2. The molecule has 1 saturated heterocycles. The van der Waals surface area contributed by atoms with Gasteiger partial charge in [-0.1, -0.05) is 13.0 Å². The number of rotatable bonds is 6. The van der Waals surface area contributed by atoms with Gasteiger partial charge in [-0.3, -0.25) is 9.59 Å². The van der Waals surface area contributed by atoms with Crippen LogP contribution in [0.1, 0.15) is 24.5 Å². The smallest absolute Gasteiger partial charge is 0.262 e. The van der Waals surface area contributed by atoms with Crippen molar-refractivity contribution in [2.45, 2.75) is 27.2 Å². The normalized spacial score (nSPS) is 13.9. The summed E-state index contributed by atoms with van der Waals surface area (Å²) >= 11 is 0. The summed E-state index contributed by atoms with van der Waals surface area (Å²) in [4.78, 5) is 28.1. The number of carbonyl (C=O) groups excluding carboxylic acids is 2. The van der Waals surface area contributed by atoms with E-state index in [-0.39, 0.29) is 18.4 Å². The van der Waals surface area contributed by atoms with Crippen LogP contribution in [0.2, 0.25) is 0 Å². The van der Waals surface area contributed by atoms with Gasteiger partial charge in [0.1, 0.15) is 5.75 Å². The molecule has 1 aliphatic heterocycles. The van der Waals surface area contributed by atoms with Crippen molar-refractivity contribution in [2.75, 3.05) is 43.0 Å². The molecule has 2 aromatic rings. The van der Waals surface area contributed by atoms with Crippen LogP contribution in [-0.2, 0) is 9.59 Å². The van der Waals surface area contributed by atoms with Crippen molar-refractivity contribution in [1.29, 1.82) is 0 Å². The predicted octanol–water partition coefficient (Wildman–Crippen LogP) is 3.38. The third-order valence-electron chi connectivity index (χ3n) is 5.30. The molecule has 0 atom stereocenters. The number of aryl methyl sites for hydroxylation is 2. The zero-order valence-corrected chi connectivity index (χ0v) is 17.4. The number of ether oxygens (including phenoxy) is 1. The van der Waals surface area contributed by atoms with E-state index < -0.39 is 0 Å². The molecule has 1 aliphatic rings. The SMILES string of the molecule is CCC(=O)N1CCN(c2ccc(NC(=O)COc3ccc(C)c(C)c3)cc2)CC1. The van der Waals surface area contributed by atoms with Crippen molar-refractivity contribution in [3.05, 3.63) is 53.6 Å². The van der Waals surface area contributed by atoms with Crippen molar-refractivity contribution >= 4 is 23.2 Å². The van der Waals surface area contributed by atoms with E-state index >= 15 is 0 Å². The minimum Gasteiger partial charge on any atom is -0.484 e. The Morgan fingerprint density at radius 2 is 1.66 bits per heavy atom. The van der Waals surface area contributed by atoms with Crippen LogP contribution >= 0.6 is 0 Å². The average molecular weight is 396 g/mol. The molecule has 2 amide bonds. The van der Waals surface area contributed by atoms with Gasteiger partial charge in [-0.05, 0) is 61.4 Å². The molecule has 154 valence electrons. The zero-order chi connectivity index (χ0) is 20.8. The summed E-state index contributed by atoms with van der Waals surface area (Å²) in [7, 11) is 0. The lowest BCUT2D eigenvalue weighted by Crippen LogP contribution is -2.48. The standard InChI is InChI=1S/C23H29N3O3/c1-4-23(28)26-13-11-25(12-14-26)20-8-6-19(7-9-20)24-22(27)16-29-21-10-5-17(2)18(3)15-21/h5-10,15H,4,11-14,16H2,1-3H3,(H,24,27). The first-order valence-electron chi connectivity index (χ1n) is 10.1.